The van der Waals surface area contributed by atoms with E-state index in [4.69, 9.17) is 14.4 Å². The van der Waals surface area contributed by atoms with Gasteiger partial charge in [0.1, 0.15) is 0 Å². The van der Waals surface area contributed by atoms with Crippen molar-refractivity contribution >= 4 is 38.9 Å². The monoisotopic (exact) mass is 643 g/mol. The second kappa shape index (κ2) is 12.6. The van der Waals surface area contributed by atoms with Crippen LogP contribution < -0.4 is 4.90 Å². The Kier molecular flexibility index (Phi) is 7.37. The van der Waals surface area contributed by atoms with Gasteiger partial charge in [0.05, 0.1) is 28.1 Å². The van der Waals surface area contributed by atoms with Crippen LogP contribution in [0.15, 0.2) is 180 Å². The van der Waals surface area contributed by atoms with E-state index in [9.17, 15) is 0 Å². The van der Waals surface area contributed by atoms with Crippen LogP contribution in [0.3, 0.4) is 0 Å². The first-order chi connectivity index (χ1) is 24.8. The van der Waals surface area contributed by atoms with E-state index in [-0.39, 0.29) is 0 Å². The summed E-state index contributed by atoms with van der Waals surface area (Å²) in [6.07, 6.45) is 0. The van der Waals surface area contributed by atoms with E-state index in [0.717, 1.165) is 72.5 Å². The highest BCUT2D eigenvalue weighted by atomic mass is 16.4. The fourth-order valence-electron chi connectivity index (χ4n) is 6.48. The third-order valence-corrected chi connectivity index (χ3v) is 8.85. The van der Waals surface area contributed by atoms with E-state index in [1.807, 2.05) is 91.0 Å². The van der Waals surface area contributed by atoms with Gasteiger partial charge < -0.3 is 9.32 Å². The summed E-state index contributed by atoms with van der Waals surface area (Å²) < 4.78 is 6.21. The van der Waals surface area contributed by atoms with Crippen molar-refractivity contribution in [1.29, 1.82) is 0 Å². The lowest BCUT2D eigenvalue weighted by Crippen LogP contribution is -2.10. The van der Waals surface area contributed by atoms with Crippen molar-refractivity contribution in [2.45, 2.75) is 0 Å². The van der Waals surface area contributed by atoms with Crippen molar-refractivity contribution in [3.05, 3.63) is 176 Å². The third kappa shape index (κ3) is 5.35. The predicted octanol–water partition coefficient (Wildman–Crippen LogP) is 11.3. The first kappa shape index (κ1) is 29.2. The highest BCUT2D eigenvalue weighted by Crippen LogP contribution is 2.42. The van der Waals surface area contributed by atoms with E-state index in [0.29, 0.717) is 11.8 Å². The van der Waals surface area contributed by atoms with Crippen LogP contribution in [0.1, 0.15) is 0 Å². The van der Waals surface area contributed by atoms with Gasteiger partial charge in [0.15, 0.2) is 0 Å². The quantitative estimate of drug-likeness (QED) is 0.172. The van der Waals surface area contributed by atoms with Crippen molar-refractivity contribution in [3.63, 3.8) is 0 Å². The van der Waals surface area contributed by atoms with Crippen LogP contribution in [0, 0.1) is 0 Å². The number of benzene rings is 7. The molecule has 236 valence electrons. The maximum absolute atomic E-state index is 6.21. The van der Waals surface area contributed by atoms with Gasteiger partial charge in [-0.2, -0.15) is 0 Å². The molecule has 0 unspecified atom stereocenters. The minimum atomic E-state index is 0.480. The zero-order valence-electron chi connectivity index (χ0n) is 26.9. The fraction of sp³-hybridized carbons (Fsp3) is 0. The molecule has 0 spiro atoms. The normalized spacial score (nSPS) is 11.2. The van der Waals surface area contributed by atoms with Crippen LogP contribution in [0.4, 0.5) is 17.1 Å². The highest BCUT2D eigenvalue weighted by molar-refractivity contribution is 6.05. The molecule has 0 radical (unpaired) electrons. The van der Waals surface area contributed by atoms with Gasteiger partial charge in [0.2, 0.25) is 11.8 Å². The van der Waals surface area contributed by atoms with Crippen LogP contribution in [0.5, 0.6) is 0 Å². The molecule has 0 bridgehead atoms. The van der Waals surface area contributed by atoms with E-state index < -0.39 is 0 Å². The lowest BCUT2D eigenvalue weighted by Gasteiger charge is -2.27. The van der Waals surface area contributed by atoms with Crippen LogP contribution in [-0.4, -0.2) is 20.2 Å². The zero-order chi connectivity index (χ0) is 33.3. The maximum Gasteiger partial charge on any atom is 0.248 e. The topological polar surface area (TPSA) is 67.9 Å². The summed E-state index contributed by atoms with van der Waals surface area (Å²) in [7, 11) is 0. The van der Waals surface area contributed by atoms with Crippen LogP contribution in [-0.2, 0) is 0 Å². The predicted molar refractivity (Wildman–Crippen MR) is 201 cm³/mol. The van der Waals surface area contributed by atoms with E-state index in [2.05, 4.69) is 100 Å². The van der Waals surface area contributed by atoms with Gasteiger partial charge in [-0.1, -0.05) is 115 Å². The number of hydrogen-bond donors (Lipinski definition) is 0. The molecule has 7 aromatic carbocycles. The Morgan fingerprint density at radius 2 is 0.900 bits per heavy atom. The van der Waals surface area contributed by atoms with Crippen molar-refractivity contribution in [2.24, 2.45) is 0 Å². The van der Waals surface area contributed by atoms with Gasteiger partial charge >= 0.3 is 0 Å². The van der Waals surface area contributed by atoms with E-state index in [1.54, 1.807) is 0 Å². The molecule has 0 aliphatic rings. The molecule has 6 nitrogen and oxygen atoms in total. The Morgan fingerprint density at radius 3 is 1.58 bits per heavy atom. The average Bonchev–Trinajstić information content (AvgIpc) is 3.69. The van der Waals surface area contributed by atoms with Crippen molar-refractivity contribution in [1.82, 2.24) is 20.2 Å². The number of aromatic nitrogens is 4. The Labute approximate surface area is 289 Å². The van der Waals surface area contributed by atoms with E-state index in [1.165, 1.54) is 0 Å². The van der Waals surface area contributed by atoms with Gasteiger partial charge in [-0.3, -0.25) is 0 Å². The van der Waals surface area contributed by atoms with Crippen LogP contribution in [0.2, 0.25) is 0 Å². The lowest BCUT2D eigenvalue weighted by molar-refractivity contribution is 0.585. The standard InChI is InChI=1S/C44H29N5O/c1-4-14-30(15-5-1)41-42(46-39-24-11-10-23-38(39)45-41)31-26-28-34(29-27-31)49(33-18-8-3-9-19-33)40-25-13-20-35-36(40)21-12-22-37(35)44-48-47-43(50-44)32-16-6-2-7-17-32/h1-29H. The molecule has 0 N–H and O–H groups in total. The molecule has 0 amide bonds. The van der Waals surface area contributed by atoms with Crippen LogP contribution in [0.25, 0.3) is 67.2 Å². The number of nitrogens with zero attached hydrogens (tertiary/aromatic N) is 5. The summed E-state index contributed by atoms with van der Waals surface area (Å²) in [5.74, 6) is 0.971. The first-order valence-electron chi connectivity index (χ1n) is 16.5. The highest BCUT2D eigenvalue weighted by Gasteiger charge is 2.20. The summed E-state index contributed by atoms with van der Waals surface area (Å²) in [5, 5.41) is 10.9. The summed E-state index contributed by atoms with van der Waals surface area (Å²) in [6.45, 7) is 0. The third-order valence-electron chi connectivity index (χ3n) is 8.85. The van der Waals surface area contributed by atoms with Gasteiger partial charge in [-0.15, -0.1) is 10.2 Å². The number of rotatable bonds is 7. The minimum absolute atomic E-state index is 0.480. The number of para-hydroxylation sites is 3. The molecule has 50 heavy (non-hydrogen) atoms. The summed E-state index contributed by atoms with van der Waals surface area (Å²) in [4.78, 5) is 12.5. The van der Waals surface area contributed by atoms with Crippen molar-refractivity contribution in [3.8, 4) is 45.4 Å². The molecule has 2 aromatic heterocycles. The molecule has 0 aliphatic heterocycles. The molecule has 2 heterocycles. The SMILES string of the molecule is c1ccc(-c2nnc(-c3cccc4c(N(c5ccccc5)c5ccc(-c6nc7ccccc7nc6-c6ccccc6)cc5)cccc34)o2)cc1. The first-order valence-corrected chi connectivity index (χ1v) is 16.5. The Hall–Kier alpha value is -6.92. The Balaban J connectivity index is 1.16. The molecule has 9 aromatic rings. The minimum Gasteiger partial charge on any atom is -0.416 e. The van der Waals surface area contributed by atoms with Crippen LogP contribution >= 0.6 is 0 Å². The largest absolute Gasteiger partial charge is 0.416 e. The molecular formula is C44H29N5O. The fourth-order valence-corrected chi connectivity index (χ4v) is 6.48. The zero-order valence-corrected chi connectivity index (χ0v) is 26.9. The second-order valence-electron chi connectivity index (χ2n) is 11.9. The molecular weight excluding hydrogens is 615 g/mol. The van der Waals surface area contributed by atoms with Gasteiger partial charge in [0.25, 0.3) is 0 Å². The number of fused-ring (bicyclic) bond motifs is 2. The summed E-state index contributed by atoms with van der Waals surface area (Å²) in [5.41, 5.74) is 10.3. The number of anilines is 3. The lowest BCUT2D eigenvalue weighted by atomic mass is 10.0. The summed E-state index contributed by atoms with van der Waals surface area (Å²) >= 11 is 0. The van der Waals surface area contributed by atoms with Gasteiger partial charge in [-0.05, 0) is 66.0 Å². The molecule has 0 saturated heterocycles. The molecule has 0 aliphatic carbocycles. The number of hydrogen-bond acceptors (Lipinski definition) is 6. The smallest absolute Gasteiger partial charge is 0.248 e. The average molecular weight is 644 g/mol. The maximum atomic E-state index is 6.21. The Bertz CT molecular complexity index is 2590. The molecule has 0 saturated carbocycles. The van der Waals surface area contributed by atoms with Crippen molar-refractivity contribution in [2.75, 3.05) is 4.90 Å². The Morgan fingerprint density at radius 1 is 0.380 bits per heavy atom. The molecule has 9 rings (SSSR count). The molecule has 0 atom stereocenters. The molecule has 6 heteroatoms. The second-order valence-corrected chi connectivity index (χ2v) is 11.9. The molecule has 0 fully saturated rings. The van der Waals surface area contributed by atoms with E-state index >= 15 is 0 Å². The van der Waals surface area contributed by atoms with Gasteiger partial charge in [0, 0.05) is 39.0 Å². The van der Waals surface area contributed by atoms with Crippen molar-refractivity contribution < 1.29 is 4.42 Å². The van der Waals surface area contributed by atoms with Gasteiger partial charge in [-0.25, -0.2) is 9.97 Å². The summed E-state index contributed by atoms with van der Waals surface area (Å²) in [6, 6.07) is 59.7.